The topological polar surface area (TPSA) is 97.7 Å². The third kappa shape index (κ3) is 5.63. The molecule has 2 aromatic rings. The number of carbonyl (C=O) groups is 4. The van der Waals surface area contributed by atoms with Crippen LogP contribution in [0.1, 0.15) is 43.5 Å². The maximum Gasteiger partial charge on any atom is 0.521 e. The third-order valence-electron chi connectivity index (χ3n) is 5.82. The molecule has 0 radical (unpaired) electrons. The highest BCUT2D eigenvalue weighted by Crippen LogP contribution is 2.32. The number of imide groups is 1. The summed E-state index contributed by atoms with van der Waals surface area (Å²) in [7, 11) is 0. The van der Waals surface area contributed by atoms with Crippen molar-refractivity contribution in [2.75, 3.05) is 6.54 Å². The van der Waals surface area contributed by atoms with Crippen molar-refractivity contribution in [3.05, 3.63) is 59.1 Å². The lowest BCUT2D eigenvalue weighted by molar-refractivity contribution is -0.792. The van der Waals surface area contributed by atoms with Crippen LogP contribution in [0.5, 0.6) is 11.5 Å². The van der Waals surface area contributed by atoms with E-state index < -0.39 is 27.5 Å². The van der Waals surface area contributed by atoms with E-state index in [1.54, 1.807) is 55.5 Å². The number of nitrogens with zero attached hydrogens (tertiary/aromatic N) is 1. The third-order valence-corrected chi connectivity index (χ3v) is 7.07. The molecule has 1 heterocycles. The second-order valence-corrected chi connectivity index (χ2v) is 9.82. The van der Waals surface area contributed by atoms with E-state index in [1.165, 1.54) is 6.92 Å². The molecule has 1 saturated heterocycles. The molecule has 0 spiro atoms. The Kier molecular flexibility index (Phi) is 7.94. The Morgan fingerprint density at radius 2 is 1.67 bits per heavy atom. The van der Waals surface area contributed by atoms with Crippen LogP contribution in [-0.2, 0) is 9.59 Å². The molecule has 174 valence electrons. The van der Waals surface area contributed by atoms with Crippen LogP contribution >= 0.6 is 23.4 Å². The van der Waals surface area contributed by atoms with Crippen LogP contribution in [0.4, 0.5) is 4.79 Å². The standard InChI is InChI=1S/C24H24ClNO6S/c1-15-4-3-13-26(15,24(30)31)22(28)14-21(33-16(2)27)23(29)17-5-9-19(10-6-17)32-20-11-7-18(25)8-12-20/h5-12,15,21H,3-4,13-14H2,1-2H3/p+1/t15-,21?,26?/m1/s1. The Morgan fingerprint density at radius 3 is 2.15 bits per heavy atom. The summed E-state index contributed by atoms with van der Waals surface area (Å²) >= 11 is 6.62. The monoisotopic (exact) mass is 490 g/mol. The number of ketones is 1. The van der Waals surface area contributed by atoms with Crippen molar-refractivity contribution in [1.82, 2.24) is 0 Å². The van der Waals surface area contributed by atoms with Crippen molar-refractivity contribution >= 4 is 46.3 Å². The van der Waals surface area contributed by atoms with Gasteiger partial charge >= 0.3 is 12.0 Å². The molecule has 2 aromatic carbocycles. The summed E-state index contributed by atoms with van der Waals surface area (Å²) in [5, 5.41) is 9.06. The average Bonchev–Trinajstić information content (AvgIpc) is 3.17. The lowest BCUT2D eigenvalue weighted by Gasteiger charge is -2.30. The zero-order valence-corrected chi connectivity index (χ0v) is 19.9. The number of rotatable bonds is 7. The zero-order chi connectivity index (χ0) is 24.2. The molecule has 7 nitrogen and oxygen atoms in total. The number of ether oxygens (including phenoxy) is 1. The molecule has 9 heteroatoms. The van der Waals surface area contributed by atoms with Gasteiger partial charge in [0.05, 0.1) is 18.2 Å². The Morgan fingerprint density at radius 1 is 1.09 bits per heavy atom. The number of Topliss-reactive ketones (excluding diaryl/α,β-unsaturated/α-hetero) is 1. The quantitative estimate of drug-likeness (QED) is 0.401. The molecule has 3 atom stereocenters. The lowest BCUT2D eigenvalue weighted by Crippen LogP contribution is -2.59. The number of halogens is 1. The fraction of sp³-hybridized carbons (Fsp3) is 0.333. The minimum atomic E-state index is -1.22. The molecule has 0 saturated carbocycles. The van der Waals surface area contributed by atoms with Crippen molar-refractivity contribution in [1.29, 1.82) is 0 Å². The normalized spacial score (nSPS) is 20.8. The molecule has 33 heavy (non-hydrogen) atoms. The summed E-state index contributed by atoms with van der Waals surface area (Å²) in [6.07, 6.45) is -0.311. The highest BCUT2D eigenvalue weighted by Gasteiger charge is 2.53. The molecule has 0 bridgehead atoms. The number of carbonyl (C=O) groups excluding carboxylic acids is 3. The van der Waals surface area contributed by atoms with E-state index >= 15 is 0 Å². The van der Waals surface area contributed by atoms with Gasteiger partial charge in [-0.05, 0) is 55.5 Å². The van der Waals surface area contributed by atoms with Gasteiger partial charge in [-0.15, -0.1) is 0 Å². The van der Waals surface area contributed by atoms with Crippen LogP contribution in [0.25, 0.3) is 0 Å². The number of benzene rings is 2. The van der Waals surface area contributed by atoms with Gasteiger partial charge < -0.3 is 9.84 Å². The molecule has 1 fully saturated rings. The predicted octanol–water partition coefficient (Wildman–Crippen LogP) is 5.56. The maximum atomic E-state index is 13.2. The predicted molar refractivity (Wildman–Crippen MR) is 126 cm³/mol. The average molecular weight is 491 g/mol. The molecule has 0 aliphatic carbocycles. The summed E-state index contributed by atoms with van der Waals surface area (Å²) in [4.78, 5) is 50.1. The molecule has 1 aliphatic heterocycles. The molecule has 1 N–H and O–H groups in total. The molecule has 2 amide bonds. The number of amides is 2. The minimum absolute atomic E-state index is 0.192. The number of likely N-dealkylation sites (tertiary alicyclic amines) is 1. The summed E-state index contributed by atoms with van der Waals surface area (Å²) in [6, 6.07) is 12.8. The first-order chi connectivity index (χ1) is 15.6. The Balaban J connectivity index is 1.77. The van der Waals surface area contributed by atoms with Crippen LogP contribution in [0.15, 0.2) is 48.5 Å². The van der Waals surface area contributed by atoms with Crippen molar-refractivity contribution in [3.8, 4) is 11.5 Å². The highest BCUT2D eigenvalue weighted by molar-refractivity contribution is 8.14. The second kappa shape index (κ2) is 10.5. The molecule has 3 rings (SSSR count). The zero-order valence-electron chi connectivity index (χ0n) is 18.3. The highest BCUT2D eigenvalue weighted by atomic mass is 35.5. The van der Waals surface area contributed by atoms with Crippen LogP contribution in [0.3, 0.4) is 0 Å². The van der Waals surface area contributed by atoms with Gasteiger partial charge in [0.25, 0.3) is 0 Å². The van der Waals surface area contributed by atoms with Gasteiger partial charge in [0.15, 0.2) is 10.9 Å². The SMILES string of the molecule is CC(=O)SC(CC(=O)[N+]1(C(=O)O)CCC[C@H]1C)C(=O)c1ccc(Oc2ccc(Cl)cc2)cc1. The Labute approximate surface area is 201 Å². The molecule has 1 aliphatic rings. The van der Waals surface area contributed by atoms with Gasteiger partial charge in [0.1, 0.15) is 17.5 Å². The van der Waals surface area contributed by atoms with E-state index in [9.17, 15) is 24.3 Å². The van der Waals surface area contributed by atoms with Gasteiger partial charge in [-0.2, -0.15) is 9.28 Å². The van der Waals surface area contributed by atoms with Gasteiger partial charge in [0.2, 0.25) is 0 Å². The first-order valence-corrected chi connectivity index (χ1v) is 11.8. The molecule has 0 aromatic heterocycles. The van der Waals surface area contributed by atoms with E-state index in [0.717, 1.165) is 11.8 Å². The Bertz CT molecular complexity index is 1060. The van der Waals surface area contributed by atoms with Crippen LogP contribution < -0.4 is 4.74 Å². The Hall–Kier alpha value is -2.68. The number of carboxylic acid groups (broad SMARTS) is 1. The molecular weight excluding hydrogens is 466 g/mol. The number of hydrogen-bond donors (Lipinski definition) is 1. The van der Waals surface area contributed by atoms with Crippen LogP contribution in [-0.4, -0.2) is 50.3 Å². The van der Waals surface area contributed by atoms with E-state index in [2.05, 4.69) is 0 Å². The fourth-order valence-corrected chi connectivity index (χ4v) is 5.06. The van der Waals surface area contributed by atoms with Crippen molar-refractivity contribution in [2.45, 2.75) is 44.4 Å². The van der Waals surface area contributed by atoms with E-state index in [-0.39, 0.29) is 24.1 Å². The second-order valence-electron chi connectivity index (χ2n) is 8.01. The number of hydrogen-bond acceptors (Lipinski definition) is 6. The van der Waals surface area contributed by atoms with E-state index in [0.29, 0.717) is 34.9 Å². The summed E-state index contributed by atoms with van der Waals surface area (Å²) in [6.45, 7) is 3.24. The molecular formula is C24H25ClNO6S+. The lowest BCUT2D eigenvalue weighted by atomic mass is 10.0. The first-order valence-electron chi connectivity index (χ1n) is 10.5. The fourth-order valence-electron chi connectivity index (χ4n) is 4.06. The van der Waals surface area contributed by atoms with Gasteiger partial charge in [-0.3, -0.25) is 9.59 Å². The number of quaternary nitrogens is 1. The van der Waals surface area contributed by atoms with Crippen LogP contribution in [0, 0.1) is 0 Å². The van der Waals surface area contributed by atoms with Gasteiger partial charge in [-0.25, -0.2) is 4.79 Å². The van der Waals surface area contributed by atoms with E-state index in [4.69, 9.17) is 16.3 Å². The minimum Gasteiger partial charge on any atom is -0.457 e. The van der Waals surface area contributed by atoms with E-state index in [1.807, 2.05) is 0 Å². The van der Waals surface area contributed by atoms with Crippen molar-refractivity contribution < 1.29 is 33.5 Å². The van der Waals surface area contributed by atoms with Crippen molar-refractivity contribution in [2.24, 2.45) is 0 Å². The smallest absolute Gasteiger partial charge is 0.457 e. The van der Waals surface area contributed by atoms with Gasteiger partial charge in [-0.1, -0.05) is 23.4 Å². The summed E-state index contributed by atoms with van der Waals surface area (Å²) in [5.41, 5.74) is 0.307. The molecule has 2 unspecified atom stereocenters. The van der Waals surface area contributed by atoms with Gasteiger partial charge in [0, 0.05) is 30.4 Å². The maximum absolute atomic E-state index is 13.2. The van der Waals surface area contributed by atoms with Crippen molar-refractivity contribution in [3.63, 3.8) is 0 Å². The largest absolute Gasteiger partial charge is 0.521 e. The first kappa shape index (κ1) is 25.0. The number of thioether (sulfide) groups is 1. The van der Waals surface area contributed by atoms with Crippen LogP contribution in [0.2, 0.25) is 5.02 Å². The summed E-state index contributed by atoms with van der Waals surface area (Å²) < 4.78 is 5.03. The summed E-state index contributed by atoms with van der Waals surface area (Å²) in [5.74, 6) is 0.123.